The van der Waals surface area contributed by atoms with Crippen LogP contribution < -0.4 is 16.8 Å². The number of hydrogen-bond acceptors (Lipinski definition) is 8. The molecule has 0 unspecified atom stereocenters. The highest BCUT2D eigenvalue weighted by atomic mass is 16.3. The second-order valence-corrected chi connectivity index (χ2v) is 6.33. The zero-order chi connectivity index (χ0) is 21.6. The maximum Gasteiger partial charge on any atom is 0.144 e. The van der Waals surface area contributed by atoms with Gasteiger partial charge in [-0.05, 0) is 49.9 Å². The average molecular weight is 391 g/mol. The van der Waals surface area contributed by atoms with Crippen LogP contribution in [0.2, 0.25) is 0 Å². The van der Waals surface area contributed by atoms with Crippen LogP contribution >= 0.6 is 0 Å². The molecule has 7 N–H and O–H groups in total. The van der Waals surface area contributed by atoms with E-state index in [1.807, 2.05) is 51.2 Å². The lowest BCUT2D eigenvalue weighted by Gasteiger charge is -2.09. The number of benzene rings is 2. The van der Waals surface area contributed by atoms with Crippen LogP contribution in [0.5, 0.6) is 5.75 Å². The number of nitrogen functional groups attached to an aromatic ring is 2. The molecule has 3 aromatic rings. The summed E-state index contributed by atoms with van der Waals surface area (Å²) in [5, 5.41) is 20.5. The van der Waals surface area contributed by atoms with Gasteiger partial charge in [-0.3, -0.25) is 10.4 Å². The number of rotatable bonds is 4. The van der Waals surface area contributed by atoms with Crippen LogP contribution in [0.3, 0.4) is 0 Å². The van der Waals surface area contributed by atoms with Crippen molar-refractivity contribution >= 4 is 35.4 Å². The predicted molar refractivity (Wildman–Crippen MR) is 120 cm³/mol. The predicted octanol–water partition coefficient (Wildman–Crippen LogP) is 3.44. The van der Waals surface area contributed by atoms with Crippen molar-refractivity contribution in [2.75, 3.05) is 23.8 Å². The number of nitrogens with one attached hydrogen (secondary N) is 2. The van der Waals surface area contributed by atoms with E-state index in [2.05, 4.69) is 27.0 Å². The Morgan fingerprint density at radius 3 is 2.21 bits per heavy atom. The molecule has 0 radical (unpaired) electrons. The van der Waals surface area contributed by atoms with Crippen LogP contribution in [-0.4, -0.2) is 34.6 Å². The van der Waals surface area contributed by atoms with Crippen molar-refractivity contribution in [2.24, 2.45) is 4.99 Å². The van der Waals surface area contributed by atoms with Crippen LogP contribution in [0.1, 0.15) is 22.3 Å². The fraction of sp³-hybridized carbons (Fsp3) is 0.143. The zero-order valence-electron chi connectivity index (χ0n) is 16.7. The van der Waals surface area contributed by atoms with E-state index in [1.165, 1.54) is 6.33 Å². The highest BCUT2D eigenvalue weighted by Gasteiger charge is 2.13. The van der Waals surface area contributed by atoms with Crippen LogP contribution in [0.15, 0.2) is 47.7 Å². The van der Waals surface area contributed by atoms with Crippen molar-refractivity contribution in [3.8, 4) is 5.75 Å². The van der Waals surface area contributed by atoms with Gasteiger partial charge in [-0.15, -0.1) is 0 Å². The number of aromatic nitrogens is 2. The molecule has 29 heavy (non-hydrogen) atoms. The number of hydrogen-bond donors (Lipinski definition) is 5. The molecule has 2 aromatic carbocycles. The number of aryl methyl sites for hydroxylation is 2. The van der Waals surface area contributed by atoms with Crippen molar-refractivity contribution in [3.05, 3.63) is 65.0 Å². The summed E-state index contributed by atoms with van der Waals surface area (Å²) in [5.41, 5.74) is 16.2. The van der Waals surface area contributed by atoms with Gasteiger partial charge >= 0.3 is 0 Å². The highest BCUT2D eigenvalue weighted by Crippen LogP contribution is 2.30. The molecule has 0 saturated carbocycles. The molecule has 1 aromatic heterocycles. The van der Waals surface area contributed by atoms with Crippen molar-refractivity contribution in [3.63, 3.8) is 0 Å². The van der Waals surface area contributed by atoms with E-state index < -0.39 is 0 Å². The lowest BCUT2D eigenvalue weighted by Crippen LogP contribution is -2.12. The minimum Gasteiger partial charge on any atom is -0.505 e. The molecule has 8 nitrogen and oxygen atoms in total. The second-order valence-electron chi connectivity index (χ2n) is 6.33. The second kappa shape index (κ2) is 9.32. The Bertz CT molecular complexity index is 1010. The number of nitrogens with two attached hydrogens (primary N) is 2. The molecule has 8 heteroatoms. The van der Waals surface area contributed by atoms with Gasteiger partial charge in [0.2, 0.25) is 0 Å². The lowest BCUT2D eigenvalue weighted by molar-refractivity contribution is 0.472. The van der Waals surface area contributed by atoms with Crippen LogP contribution in [0.4, 0.5) is 23.0 Å². The van der Waals surface area contributed by atoms with E-state index in [9.17, 15) is 5.11 Å². The molecule has 0 aliphatic carbocycles. The molecular weight excluding hydrogens is 366 g/mol. The van der Waals surface area contributed by atoms with Gasteiger partial charge in [0.15, 0.2) is 0 Å². The monoisotopic (exact) mass is 391 g/mol. The summed E-state index contributed by atoms with van der Waals surface area (Å²) in [6.07, 6.45) is 1.28. The molecule has 0 aliphatic heterocycles. The maximum atomic E-state index is 9.39. The van der Waals surface area contributed by atoms with Crippen molar-refractivity contribution in [2.45, 2.75) is 13.8 Å². The van der Waals surface area contributed by atoms with E-state index in [0.29, 0.717) is 16.8 Å². The Morgan fingerprint density at radius 2 is 1.69 bits per heavy atom. The van der Waals surface area contributed by atoms with Gasteiger partial charge in [0.05, 0.1) is 11.3 Å². The van der Waals surface area contributed by atoms with E-state index >= 15 is 0 Å². The Balaban J connectivity index is 0.000000234. The minimum atomic E-state index is 0.213. The third kappa shape index (κ3) is 5.07. The molecule has 150 valence electrons. The Labute approximate surface area is 169 Å². The van der Waals surface area contributed by atoms with Gasteiger partial charge in [0, 0.05) is 18.3 Å². The Kier molecular flexibility index (Phi) is 6.86. The standard InChI is InChI=1S/C12H14N6.C9H11NO/c1-16-8-4-2-7(3-5-8)10(13)9-11(14)17-6-18-12(9)15;1-6-4-7(2)9(11)8(5-6)10-3/h2-6,13,16H,1H3,(H4,14,15,17,18);4-5,11H,3H2,1-2H3. The topological polar surface area (TPSA) is 146 Å². The summed E-state index contributed by atoms with van der Waals surface area (Å²) in [5.74, 6) is 0.654. The van der Waals surface area contributed by atoms with E-state index in [1.54, 1.807) is 6.07 Å². The maximum absolute atomic E-state index is 9.39. The lowest BCUT2D eigenvalue weighted by atomic mass is 10.0. The molecule has 0 atom stereocenters. The third-order valence-electron chi connectivity index (χ3n) is 4.21. The van der Waals surface area contributed by atoms with E-state index in [4.69, 9.17) is 16.9 Å². The summed E-state index contributed by atoms with van der Waals surface area (Å²) in [6, 6.07) is 11.1. The fourth-order valence-corrected chi connectivity index (χ4v) is 2.68. The largest absolute Gasteiger partial charge is 0.505 e. The molecule has 3 rings (SSSR count). The van der Waals surface area contributed by atoms with Gasteiger partial charge in [0.25, 0.3) is 0 Å². The summed E-state index contributed by atoms with van der Waals surface area (Å²) in [7, 11) is 1.83. The summed E-state index contributed by atoms with van der Waals surface area (Å²) in [4.78, 5) is 11.4. The van der Waals surface area contributed by atoms with E-state index in [0.717, 1.165) is 16.8 Å². The van der Waals surface area contributed by atoms with Crippen LogP contribution in [-0.2, 0) is 0 Å². The SMILES string of the molecule is C=Nc1cc(C)cc(C)c1O.CNc1ccc(C(=N)c2c(N)ncnc2N)cc1. The van der Waals surface area contributed by atoms with Gasteiger partial charge in [-0.25, -0.2) is 9.97 Å². The van der Waals surface area contributed by atoms with Gasteiger partial charge in [-0.2, -0.15) is 0 Å². The quantitative estimate of drug-likeness (QED) is 0.431. The molecule has 0 amide bonds. The van der Waals surface area contributed by atoms with Crippen LogP contribution in [0, 0.1) is 19.3 Å². The number of aliphatic imine (C=N–C) groups is 1. The molecular formula is C21H25N7O. The molecule has 0 aliphatic rings. The first kappa shape index (κ1) is 21.4. The number of phenols is 1. The first-order valence-corrected chi connectivity index (χ1v) is 8.78. The van der Waals surface area contributed by atoms with Crippen molar-refractivity contribution < 1.29 is 5.11 Å². The average Bonchev–Trinajstić information content (AvgIpc) is 2.71. The number of nitrogens with zero attached hydrogens (tertiary/aromatic N) is 3. The summed E-state index contributed by atoms with van der Waals surface area (Å²) in [6.45, 7) is 7.17. The van der Waals surface area contributed by atoms with Gasteiger partial charge in [0.1, 0.15) is 29.4 Å². The van der Waals surface area contributed by atoms with E-state index in [-0.39, 0.29) is 23.1 Å². The van der Waals surface area contributed by atoms with Crippen molar-refractivity contribution in [1.29, 1.82) is 5.41 Å². The molecule has 0 bridgehead atoms. The smallest absolute Gasteiger partial charge is 0.144 e. The molecule has 0 saturated heterocycles. The Morgan fingerprint density at radius 1 is 1.10 bits per heavy atom. The third-order valence-corrected chi connectivity index (χ3v) is 4.21. The first-order chi connectivity index (χ1) is 13.8. The highest BCUT2D eigenvalue weighted by molar-refractivity contribution is 6.16. The van der Waals surface area contributed by atoms with Gasteiger partial charge in [-0.1, -0.05) is 18.2 Å². The summed E-state index contributed by atoms with van der Waals surface area (Å²) < 4.78 is 0. The zero-order valence-corrected chi connectivity index (χ0v) is 16.7. The molecule has 0 fully saturated rings. The Hall–Kier alpha value is -3.94. The number of phenolic OH excluding ortho intramolecular Hbond substituents is 1. The first-order valence-electron chi connectivity index (χ1n) is 8.78. The minimum absolute atomic E-state index is 0.213. The van der Waals surface area contributed by atoms with Crippen molar-refractivity contribution in [1.82, 2.24) is 9.97 Å². The molecule has 1 heterocycles. The normalized spacial score (nSPS) is 9.90. The van der Waals surface area contributed by atoms with Gasteiger partial charge < -0.3 is 21.9 Å². The number of anilines is 3. The fourth-order valence-electron chi connectivity index (χ4n) is 2.68. The van der Waals surface area contributed by atoms with Crippen LogP contribution in [0.25, 0.3) is 0 Å². The molecule has 0 spiro atoms. The summed E-state index contributed by atoms with van der Waals surface area (Å²) >= 11 is 0. The number of aromatic hydroxyl groups is 1.